The minimum atomic E-state index is -0.890. The van der Waals surface area contributed by atoms with E-state index in [1.54, 1.807) is 48.5 Å². The lowest BCUT2D eigenvalue weighted by molar-refractivity contribution is 0.0955. The van der Waals surface area contributed by atoms with Gasteiger partial charge in [-0.1, -0.05) is 24.3 Å². The molecule has 21 heavy (non-hydrogen) atoms. The molecule has 2 aromatic carbocycles. The minimum Gasteiger partial charge on any atom is -0.457 e. The molecule has 0 aliphatic carbocycles. The summed E-state index contributed by atoms with van der Waals surface area (Å²) in [4.78, 5) is 0. The van der Waals surface area contributed by atoms with Gasteiger partial charge >= 0.3 is 0 Å². The summed E-state index contributed by atoms with van der Waals surface area (Å²) in [5.41, 5.74) is 1.23. The van der Waals surface area contributed by atoms with Crippen LogP contribution >= 0.6 is 0 Å². The average Bonchev–Trinajstić information content (AvgIpc) is 2.55. The van der Waals surface area contributed by atoms with Gasteiger partial charge in [0.15, 0.2) is 0 Å². The zero-order chi connectivity index (χ0) is 15.2. The molecule has 2 unspecified atom stereocenters. The molecule has 0 heterocycles. The van der Waals surface area contributed by atoms with Crippen LogP contribution in [0.5, 0.6) is 11.5 Å². The van der Waals surface area contributed by atoms with E-state index in [4.69, 9.17) is 14.9 Å². The van der Waals surface area contributed by atoms with E-state index in [2.05, 4.69) is 0 Å². The Kier molecular flexibility index (Phi) is 5.30. The Morgan fingerprint density at radius 2 is 1.00 bits per heavy atom. The van der Waals surface area contributed by atoms with Crippen LogP contribution in [0.15, 0.2) is 48.5 Å². The summed E-state index contributed by atoms with van der Waals surface area (Å²) in [6.07, 6.45) is -1.78. The monoisotopic (exact) mass is 290 g/mol. The third-order valence-electron chi connectivity index (χ3n) is 3.11. The van der Waals surface area contributed by atoms with Gasteiger partial charge in [-0.05, 0) is 35.4 Å². The maximum Gasteiger partial charge on any atom is 0.127 e. The van der Waals surface area contributed by atoms with Crippen molar-refractivity contribution < 1.29 is 25.2 Å². The number of hydrogen-bond acceptors (Lipinski definition) is 5. The highest BCUT2D eigenvalue weighted by Gasteiger charge is 2.07. The molecule has 4 N–H and O–H groups in total. The third kappa shape index (κ3) is 4.03. The molecule has 0 spiro atoms. The Hall–Kier alpha value is -1.92. The fraction of sp³-hybridized carbons (Fsp3) is 0.250. The Morgan fingerprint density at radius 3 is 1.29 bits per heavy atom. The lowest BCUT2D eigenvalue weighted by atomic mass is 10.1. The number of aliphatic hydroxyl groups is 4. The minimum absolute atomic E-state index is 0.325. The molecule has 112 valence electrons. The molecule has 5 nitrogen and oxygen atoms in total. The highest BCUT2D eigenvalue weighted by atomic mass is 16.5. The smallest absolute Gasteiger partial charge is 0.127 e. The first-order valence-electron chi connectivity index (χ1n) is 6.59. The SMILES string of the molecule is OCC(O)c1ccc(Oc2ccc(C(O)CO)cc2)cc1. The lowest BCUT2D eigenvalue weighted by Crippen LogP contribution is -2.02. The van der Waals surface area contributed by atoms with Crippen molar-refractivity contribution in [3.63, 3.8) is 0 Å². The van der Waals surface area contributed by atoms with Gasteiger partial charge in [0, 0.05) is 0 Å². The van der Waals surface area contributed by atoms with Gasteiger partial charge in [-0.15, -0.1) is 0 Å². The fourth-order valence-electron chi connectivity index (χ4n) is 1.86. The Balaban J connectivity index is 2.04. The predicted molar refractivity (Wildman–Crippen MR) is 77.0 cm³/mol. The van der Waals surface area contributed by atoms with Crippen LogP contribution in [-0.2, 0) is 0 Å². The van der Waals surface area contributed by atoms with Crippen molar-refractivity contribution >= 4 is 0 Å². The number of ether oxygens (including phenoxy) is 1. The van der Waals surface area contributed by atoms with Crippen molar-refractivity contribution in [2.45, 2.75) is 12.2 Å². The van der Waals surface area contributed by atoms with Crippen LogP contribution in [0, 0.1) is 0 Å². The molecule has 0 saturated heterocycles. The summed E-state index contributed by atoms with van der Waals surface area (Å²) in [7, 11) is 0. The zero-order valence-electron chi connectivity index (χ0n) is 11.4. The molecule has 0 aliphatic rings. The predicted octanol–water partition coefficient (Wildman–Crippen LogP) is 1.53. The summed E-state index contributed by atoms with van der Waals surface area (Å²) in [5.74, 6) is 1.19. The van der Waals surface area contributed by atoms with Crippen molar-refractivity contribution in [1.82, 2.24) is 0 Å². The van der Waals surface area contributed by atoms with E-state index >= 15 is 0 Å². The van der Waals surface area contributed by atoms with Gasteiger partial charge < -0.3 is 25.2 Å². The molecule has 0 bridgehead atoms. The van der Waals surface area contributed by atoms with Gasteiger partial charge in [0.05, 0.1) is 13.2 Å². The average molecular weight is 290 g/mol. The van der Waals surface area contributed by atoms with Crippen molar-refractivity contribution in [1.29, 1.82) is 0 Å². The first-order valence-corrected chi connectivity index (χ1v) is 6.59. The van der Waals surface area contributed by atoms with Crippen molar-refractivity contribution in [3.05, 3.63) is 59.7 Å². The van der Waals surface area contributed by atoms with Gasteiger partial charge in [-0.2, -0.15) is 0 Å². The zero-order valence-corrected chi connectivity index (χ0v) is 11.4. The van der Waals surface area contributed by atoms with Crippen LogP contribution in [0.2, 0.25) is 0 Å². The highest BCUT2D eigenvalue weighted by molar-refractivity contribution is 5.35. The Morgan fingerprint density at radius 1 is 0.667 bits per heavy atom. The highest BCUT2D eigenvalue weighted by Crippen LogP contribution is 2.25. The first-order chi connectivity index (χ1) is 10.1. The van der Waals surface area contributed by atoms with E-state index in [0.717, 1.165) is 0 Å². The van der Waals surface area contributed by atoms with E-state index in [9.17, 15) is 10.2 Å². The van der Waals surface area contributed by atoms with Crippen LogP contribution in [0.3, 0.4) is 0 Å². The quantitative estimate of drug-likeness (QED) is 0.648. The van der Waals surface area contributed by atoms with Crippen LogP contribution < -0.4 is 4.74 Å². The number of hydrogen-bond donors (Lipinski definition) is 4. The molecule has 0 aromatic heterocycles. The van der Waals surface area contributed by atoms with Crippen LogP contribution in [-0.4, -0.2) is 33.6 Å². The largest absolute Gasteiger partial charge is 0.457 e. The second-order valence-corrected chi connectivity index (χ2v) is 4.64. The molecule has 2 aromatic rings. The number of rotatable bonds is 6. The fourth-order valence-corrected chi connectivity index (χ4v) is 1.86. The summed E-state index contributed by atoms with van der Waals surface area (Å²) < 4.78 is 5.63. The molecule has 0 saturated carbocycles. The lowest BCUT2D eigenvalue weighted by Gasteiger charge is -2.11. The molecule has 0 amide bonds. The van der Waals surface area contributed by atoms with Gasteiger partial charge in [0.25, 0.3) is 0 Å². The Labute approximate surface area is 122 Å². The summed E-state index contributed by atoms with van der Waals surface area (Å²) in [6, 6.07) is 13.5. The van der Waals surface area contributed by atoms with Gasteiger partial charge in [-0.3, -0.25) is 0 Å². The van der Waals surface area contributed by atoms with E-state index in [1.165, 1.54) is 0 Å². The molecule has 2 atom stereocenters. The van der Waals surface area contributed by atoms with Gasteiger partial charge in [-0.25, -0.2) is 0 Å². The topological polar surface area (TPSA) is 90.2 Å². The van der Waals surface area contributed by atoms with E-state index in [0.29, 0.717) is 22.6 Å². The molecule has 0 aliphatic heterocycles. The maximum absolute atomic E-state index is 9.48. The van der Waals surface area contributed by atoms with E-state index in [-0.39, 0.29) is 13.2 Å². The van der Waals surface area contributed by atoms with Gasteiger partial charge in [0.1, 0.15) is 23.7 Å². The number of benzene rings is 2. The van der Waals surface area contributed by atoms with Crippen molar-refractivity contribution in [2.75, 3.05) is 13.2 Å². The van der Waals surface area contributed by atoms with Crippen LogP contribution in [0.1, 0.15) is 23.3 Å². The Bertz CT molecular complexity index is 498. The second-order valence-electron chi connectivity index (χ2n) is 4.64. The normalized spacial score (nSPS) is 13.7. The maximum atomic E-state index is 9.48. The molecular formula is C16H18O5. The molecule has 0 fully saturated rings. The summed E-state index contributed by atoms with van der Waals surface area (Å²) >= 11 is 0. The standard InChI is InChI=1S/C16H18O5/c17-9-15(19)11-1-5-13(6-2-11)21-14-7-3-12(4-8-14)16(20)10-18/h1-8,15-20H,9-10H2. The van der Waals surface area contributed by atoms with Crippen molar-refractivity contribution in [2.24, 2.45) is 0 Å². The first kappa shape index (κ1) is 15.5. The van der Waals surface area contributed by atoms with E-state index in [1.807, 2.05) is 0 Å². The second kappa shape index (κ2) is 7.19. The number of aliphatic hydroxyl groups excluding tert-OH is 4. The summed E-state index contributed by atoms with van der Waals surface area (Å²) in [6.45, 7) is -0.649. The molecule has 0 radical (unpaired) electrons. The summed E-state index contributed by atoms with van der Waals surface area (Å²) in [5, 5.41) is 36.7. The van der Waals surface area contributed by atoms with Crippen LogP contribution in [0.25, 0.3) is 0 Å². The van der Waals surface area contributed by atoms with E-state index < -0.39 is 12.2 Å². The van der Waals surface area contributed by atoms with Gasteiger partial charge in [0.2, 0.25) is 0 Å². The third-order valence-corrected chi connectivity index (χ3v) is 3.11. The molecule has 5 heteroatoms. The molecule has 2 rings (SSSR count). The molecular weight excluding hydrogens is 272 g/mol. The van der Waals surface area contributed by atoms with Crippen molar-refractivity contribution in [3.8, 4) is 11.5 Å². The van der Waals surface area contributed by atoms with Crippen LogP contribution in [0.4, 0.5) is 0 Å².